The summed E-state index contributed by atoms with van der Waals surface area (Å²) in [7, 11) is -10.3. The van der Waals surface area contributed by atoms with Gasteiger partial charge in [-0.3, -0.25) is 4.79 Å². The topological polar surface area (TPSA) is 257 Å². The van der Waals surface area contributed by atoms with Gasteiger partial charge in [0, 0.05) is 0 Å². The second-order valence-electron chi connectivity index (χ2n) is 11.0. The van der Waals surface area contributed by atoms with Crippen LogP contribution in [0.5, 0.6) is 5.75 Å². The van der Waals surface area contributed by atoms with E-state index in [2.05, 4.69) is 25.6 Å². The van der Waals surface area contributed by atoms with Crippen LogP contribution in [-0.2, 0) is 25.0 Å². The summed E-state index contributed by atoms with van der Waals surface area (Å²) in [5.74, 6) is -2.59. The van der Waals surface area contributed by atoms with Crippen molar-refractivity contribution in [2.45, 2.75) is 22.8 Å². The van der Waals surface area contributed by atoms with Crippen LogP contribution >= 0.6 is 0 Å². The van der Waals surface area contributed by atoms with E-state index in [1.165, 1.54) is 24.3 Å². The first-order valence-corrected chi connectivity index (χ1v) is 17.4. The maximum absolute atomic E-state index is 13.3. The molecule has 0 radical (unpaired) electrons. The zero-order valence-electron chi connectivity index (χ0n) is 28.9. The maximum Gasteiger partial charge on any atom is 1.00 e. The summed E-state index contributed by atoms with van der Waals surface area (Å²) < 4.78 is 70.3. The number of nitrogens with zero attached hydrogens (tertiary/aromatic N) is 6. The Bertz CT molecular complexity index is 2570. The number of aromatic carboxylic acids is 1. The fourth-order valence-corrected chi connectivity index (χ4v) is 6.42. The van der Waals surface area contributed by atoms with E-state index in [9.17, 15) is 40.6 Å². The SMILES string of the molecule is CC1=NN(c2ccc3c(S(=O)(=O)[O-])cc(S(=O)(=O)[O-])cc3c2)C(=O)C1N=Nc1ccc(-c2ccc(N=Nc3ccc([O-])c(C(=O)O)c3)cc2)cc1.[Na+].[Na+].[Na+]. The molecule has 0 fully saturated rings. The molecule has 1 unspecified atom stereocenters. The van der Waals surface area contributed by atoms with E-state index in [0.717, 1.165) is 34.3 Å². The van der Waals surface area contributed by atoms with E-state index in [4.69, 9.17) is 5.11 Å². The largest absolute Gasteiger partial charge is 1.00 e. The second kappa shape index (κ2) is 18.2. The summed E-state index contributed by atoms with van der Waals surface area (Å²) in [4.78, 5) is 22.6. The summed E-state index contributed by atoms with van der Waals surface area (Å²) in [5.41, 5.74) is 2.77. The molecule has 0 spiro atoms. The third kappa shape index (κ3) is 10.1. The van der Waals surface area contributed by atoms with Gasteiger partial charge in [-0.15, -0.1) is 0 Å². The van der Waals surface area contributed by atoms with Crippen LogP contribution in [0, 0.1) is 0 Å². The normalized spacial score (nSPS) is 14.4. The number of rotatable bonds is 9. The number of fused-ring (bicyclic) bond motifs is 1. The third-order valence-electron chi connectivity index (χ3n) is 7.60. The van der Waals surface area contributed by atoms with Crippen LogP contribution in [0.4, 0.5) is 22.7 Å². The molecule has 0 saturated heterocycles. The van der Waals surface area contributed by atoms with E-state index in [1.54, 1.807) is 55.5 Å². The van der Waals surface area contributed by atoms with Gasteiger partial charge in [-0.2, -0.15) is 30.6 Å². The quantitative estimate of drug-likeness (QED) is 0.0871. The van der Waals surface area contributed by atoms with Crippen molar-refractivity contribution in [1.82, 2.24) is 0 Å². The Balaban J connectivity index is 0.00000261. The van der Waals surface area contributed by atoms with Gasteiger partial charge in [0.2, 0.25) is 0 Å². The van der Waals surface area contributed by atoms with Crippen LogP contribution in [-0.4, -0.2) is 54.7 Å². The standard InChI is InChI=1S/C33H24N6O10S2.3Na/c1-18-31(32(41)39(38-18)25-11-12-27-21(14-25)15-26(50(44,45)46)17-30(27)51(47,48)49)37-35-23-8-4-20(5-9-23)19-2-6-22(7-3-19)34-36-24-10-13-29(40)28(16-24)33(42)43;;;/h2-17,31,40H,1H3,(H,42,43)(H,44,45,46)(H,47,48,49);;;/q;3*+1/p-3. The minimum atomic E-state index is -5.16. The van der Waals surface area contributed by atoms with Crippen molar-refractivity contribution < 1.29 is 134 Å². The number of carbonyl (C=O) groups is 2. The smallest absolute Gasteiger partial charge is 0.872 e. The Morgan fingerprint density at radius 1 is 0.741 bits per heavy atom. The van der Waals surface area contributed by atoms with Crippen LogP contribution in [0.25, 0.3) is 21.9 Å². The number of anilines is 1. The molecule has 1 aliphatic heterocycles. The van der Waals surface area contributed by atoms with Crippen LogP contribution < -0.4 is 98.8 Å². The van der Waals surface area contributed by atoms with E-state index >= 15 is 0 Å². The summed E-state index contributed by atoms with van der Waals surface area (Å²) in [5, 5.41) is 42.1. The van der Waals surface area contributed by atoms with Crippen molar-refractivity contribution in [3.63, 3.8) is 0 Å². The number of carbonyl (C=O) groups excluding carboxylic acids is 1. The van der Waals surface area contributed by atoms with Crippen molar-refractivity contribution in [2.75, 3.05) is 5.01 Å². The minimum absolute atomic E-state index is 0. The number of carboxylic acid groups (broad SMARTS) is 1. The summed E-state index contributed by atoms with van der Waals surface area (Å²) in [6, 6.07) is 21.6. The monoisotopic (exact) mass is 794 g/mol. The molecule has 54 heavy (non-hydrogen) atoms. The van der Waals surface area contributed by atoms with Crippen LogP contribution in [0.2, 0.25) is 0 Å². The van der Waals surface area contributed by atoms with Gasteiger partial charge in [0.1, 0.15) is 20.2 Å². The van der Waals surface area contributed by atoms with Gasteiger partial charge in [0.15, 0.2) is 6.04 Å². The Kier molecular flexibility index (Phi) is 15.2. The molecule has 0 aliphatic carbocycles. The van der Waals surface area contributed by atoms with Gasteiger partial charge in [0.25, 0.3) is 5.91 Å². The fourth-order valence-electron chi connectivity index (χ4n) is 5.08. The first-order valence-electron chi connectivity index (χ1n) is 14.5. The average molecular weight is 795 g/mol. The Labute approximate surface area is 374 Å². The number of carboxylic acids is 1. The van der Waals surface area contributed by atoms with Gasteiger partial charge in [-0.1, -0.05) is 42.1 Å². The second-order valence-corrected chi connectivity index (χ2v) is 13.8. The zero-order valence-corrected chi connectivity index (χ0v) is 36.6. The number of hydrogen-bond acceptors (Lipinski definition) is 14. The van der Waals surface area contributed by atoms with Crippen molar-refractivity contribution in [2.24, 2.45) is 25.6 Å². The molecule has 258 valence electrons. The Morgan fingerprint density at radius 2 is 1.30 bits per heavy atom. The molecule has 1 aliphatic rings. The first-order chi connectivity index (χ1) is 24.1. The predicted molar refractivity (Wildman–Crippen MR) is 178 cm³/mol. The van der Waals surface area contributed by atoms with Gasteiger partial charge < -0.3 is 19.3 Å². The minimum Gasteiger partial charge on any atom is -0.872 e. The van der Waals surface area contributed by atoms with Gasteiger partial charge in [-0.05, 0) is 89.5 Å². The molecule has 0 aromatic heterocycles. The maximum atomic E-state index is 13.3. The molecule has 5 aromatic carbocycles. The molecular formula is C33H21N6Na3O10S2. The van der Waals surface area contributed by atoms with E-state index in [0.29, 0.717) is 17.4 Å². The number of amides is 1. The summed E-state index contributed by atoms with van der Waals surface area (Å²) >= 11 is 0. The third-order valence-corrected chi connectivity index (χ3v) is 9.29. The Morgan fingerprint density at radius 3 is 1.85 bits per heavy atom. The van der Waals surface area contributed by atoms with Crippen molar-refractivity contribution in [3.05, 3.63) is 103 Å². The predicted octanol–water partition coefficient (Wildman–Crippen LogP) is -3.61. The molecule has 0 bridgehead atoms. The number of hydrazone groups is 1. The number of azo groups is 2. The molecule has 1 amide bonds. The van der Waals surface area contributed by atoms with Crippen molar-refractivity contribution in [3.8, 4) is 16.9 Å². The number of benzene rings is 5. The summed E-state index contributed by atoms with van der Waals surface area (Å²) in [6.07, 6.45) is 0. The molecule has 1 atom stereocenters. The molecule has 21 heteroatoms. The number of hydrogen-bond donors (Lipinski definition) is 1. The molecule has 6 rings (SSSR count). The first kappa shape index (κ1) is 45.2. The van der Waals surface area contributed by atoms with E-state index in [-0.39, 0.29) is 117 Å². The van der Waals surface area contributed by atoms with Crippen LogP contribution in [0.1, 0.15) is 17.3 Å². The summed E-state index contributed by atoms with van der Waals surface area (Å²) in [6.45, 7) is 1.55. The average Bonchev–Trinajstić information content (AvgIpc) is 3.37. The Hall–Kier alpha value is -3.21. The fraction of sp³-hybridized carbons (Fsp3) is 0.0606. The van der Waals surface area contributed by atoms with Gasteiger partial charge in [0.05, 0.1) is 43.8 Å². The van der Waals surface area contributed by atoms with Crippen molar-refractivity contribution >= 4 is 71.3 Å². The van der Waals surface area contributed by atoms with E-state index < -0.39 is 59.3 Å². The molecule has 16 nitrogen and oxygen atoms in total. The van der Waals surface area contributed by atoms with Gasteiger partial charge in [-0.25, -0.2) is 21.6 Å². The molecular weight excluding hydrogens is 773 g/mol. The molecule has 5 aromatic rings. The van der Waals surface area contributed by atoms with E-state index in [1.807, 2.05) is 0 Å². The molecule has 0 saturated carbocycles. The van der Waals surface area contributed by atoms with Crippen LogP contribution in [0.3, 0.4) is 0 Å². The zero-order chi connectivity index (χ0) is 36.7. The van der Waals surface area contributed by atoms with Crippen LogP contribution in [0.15, 0.2) is 132 Å². The van der Waals surface area contributed by atoms with Gasteiger partial charge >= 0.3 is 94.6 Å². The molecule has 1 heterocycles. The van der Waals surface area contributed by atoms with Crippen molar-refractivity contribution in [1.29, 1.82) is 0 Å². The molecule has 1 N–H and O–H groups in total.